The molecule has 0 bridgehead atoms. The van der Waals surface area contributed by atoms with Crippen LogP contribution in [0.2, 0.25) is 0 Å². The molecule has 148 valence electrons. The lowest BCUT2D eigenvalue weighted by atomic mass is 10.1. The van der Waals surface area contributed by atoms with Gasteiger partial charge in [0.1, 0.15) is 17.6 Å². The number of ether oxygens (including phenoxy) is 1. The molecule has 0 radical (unpaired) electrons. The Labute approximate surface area is 169 Å². The molecule has 4 rings (SSSR count). The summed E-state index contributed by atoms with van der Waals surface area (Å²) >= 11 is 0. The van der Waals surface area contributed by atoms with Crippen LogP contribution in [-0.4, -0.2) is 40.9 Å². The monoisotopic (exact) mass is 389 g/mol. The molecule has 1 fully saturated rings. The number of para-hydroxylation sites is 1. The van der Waals surface area contributed by atoms with Gasteiger partial charge in [-0.05, 0) is 55.7 Å². The van der Waals surface area contributed by atoms with E-state index in [0.717, 1.165) is 48.6 Å². The van der Waals surface area contributed by atoms with Crippen molar-refractivity contribution < 1.29 is 9.53 Å². The molecule has 3 heterocycles. The number of benzene rings is 1. The Kier molecular flexibility index (Phi) is 5.65. The van der Waals surface area contributed by atoms with Crippen molar-refractivity contribution in [2.24, 2.45) is 0 Å². The molecule has 1 aromatic carbocycles. The van der Waals surface area contributed by atoms with E-state index in [1.807, 2.05) is 42.5 Å². The lowest BCUT2D eigenvalue weighted by molar-refractivity contribution is 0.0924. The first-order valence-electron chi connectivity index (χ1n) is 9.72. The molecule has 1 aliphatic rings. The lowest BCUT2D eigenvalue weighted by Crippen LogP contribution is -2.51. The average Bonchev–Trinajstić information content (AvgIpc) is 2.80. The van der Waals surface area contributed by atoms with Gasteiger partial charge in [-0.1, -0.05) is 18.2 Å². The van der Waals surface area contributed by atoms with Gasteiger partial charge in [-0.3, -0.25) is 9.78 Å². The third-order valence-electron chi connectivity index (χ3n) is 5.03. The Morgan fingerprint density at radius 2 is 1.93 bits per heavy atom. The largest absolute Gasteiger partial charge is 0.496 e. The fourth-order valence-electron chi connectivity index (χ4n) is 3.56. The van der Waals surface area contributed by atoms with E-state index in [1.165, 1.54) is 0 Å². The van der Waals surface area contributed by atoms with Crippen LogP contribution in [0.5, 0.6) is 5.75 Å². The summed E-state index contributed by atoms with van der Waals surface area (Å²) in [6.07, 6.45) is 4.44. The zero-order chi connectivity index (χ0) is 20.1. The number of methoxy groups -OCH3 is 1. The minimum atomic E-state index is -0.180. The smallest absolute Gasteiger partial charge is 0.271 e. The third-order valence-corrected chi connectivity index (χ3v) is 5.03. The van der Waals surface area contributed by atoms with E-state index in [9.17, 15) is 4.79 Å². The van der Waals surface area contributed by atoms with Crippen LogP contribution in [0.15, 0.2) is 60.8 Å². The number of anilines is 1. The third kappa shape index (κ3) is 4.18. The fourth-order valence-corrected chi connectivity index (χ4v) is 3.56. The van der Waals surface area contributed by atoms with Gasteiger partial charge < -0.3 is 15.0 Å². The Balaban J connectivity index is 1.53. The van der Waals surface area contributed by atoms with Crippen molar-refractivity contribution in [1.29, 1.82) is 0 Å². The van der Waals surface area contributed by atoms with Crippen molar-refractivity contribution in [1.82, 2.24) is 20.5 Å². The zero-order valence-corrected chi connectivity index (χ0v) is 16.3. The van der Waals surface area contributed by atoms with Crippen molar-refractivity contribution in [2.45, 2.75) is 25.4 Å². The maximum atomic E-state index is 12.5. The zero-order valence-electron chi connectivity index (χ0n) is 16.3. The fraction of sp³-hybridized carbons (Fsp3) is 0.273. The van der Waals surface area contributed by atoms with E-state index in [-0.39, 0.29) is 12.1 Å². The second-order valence-electron chi connectivity index (χ2n) is 6.87. The summed E-state index contributed by atoms with van der Waals surface area (Å²) in [5.41, 5.74) is 2.06. The molecule has 3 aromatic rings. The highest BCUT2D eigenvalue weighted by Crippen LogP contribution is 2.29. The van der Waals surface area contributed by atoms with Crippen molar-refractivity contribution in [3.05, 3.63) is 66.5 Å². The molecule has 29 heavy (non-hydrogen) atoms. The number of amides is 1. The number of carbonyl (C=O) groups is 1. The summed E-state index contributed by atoms with van der Waals surface area (Å²) in [4.78, 5) is 18.8. The van der Waals surface area contributed by atoms with Gasteiger partial charge in [-0.15, -0.1) is 10.2 Å². The van der Waals surface area contributed by atoms with Crippen LogP contribution in [0.1, 0.15) is 29.8 Å². The average molecular weight is 389 g/mol. The van der Waals surface area contributed by atoms with Gasteiger partial charge in [-0.25, -0.2) is 0 Å². The lowest BCUT2D eigenvalue weighted by Gasteiger charge is -2.36. The number of hydrogen-bond donors (Lipinski definition) is 1. The number of pyridine rings is 1. The van der Waals surface area contributed by atoms with Gasteiger partial charge in [0.2, 0.25) is 0 Å². The van der Waals surface area contributed by atoms with Crippen LogP contribution < -0.4 is 15.0 Å². The molecule has 1 atom stereocenters. The number of rotatable bonds is 5. The summed E-state index contributed by atoms with van der Waals surface area (Å²) in [6, 6.07) is 16.9. The minimum Gasteiger partial charge on any atom is -0.496 e. The van der Waals surface area contributed by atoms with Gasteiger partial charge in [0.25, 0.3) is 5.91 Å². The standard InChI is InChI=1S/C22H23N5O2/c1-29-19-10-3-2-8-16(19)17-12-13-21(26-25-17)27-15-7-5-11-20(27)24-22(28)18-9-4-6-14-23-18/h2-4,6,8-10,12-14,20H,5,7,11,15H2,1H3,(H,24,28). The maximum Gasteiger partial charge on any atom is 0.271 e. The van der Waals surface area contributed by atoms with Crippen molar-refractivity contribution >= 4 is 11.7 Å². The van der Waals surface area contributed by atoms with Gasteiger partial charge in [0.05, 0.1) is 12.8 Å². The summed E-state index contributed by atoms with van der Waals surface area (Å²) in [6.45, 7) is 0.815. The van der Waals surface area contributed by atoms with Gasteiger partial charge >= 0.3 is 0 Å². The normalized spacial score (nSPS) is 16.3. The molecule has 7 heteroatoms. The maximum absolute atomic E-state index is 12.5. The number of piperidine rings is 1. The minimum absolute atomic E-state index is 0.135. The van der Waals surface area contributed by atoms with Crippen LogP contribution in [0.25, 0.3) is 11.3 Å². The molecule has 0 spiro atoms. The van der Waals surface area contributed by atoms with Crippen LogP contribution in [-0.2, 0) is 0 Å². The summed E-state index contributed by atoms with van der Waals surface area (Å²) in [7, 11) is 1.64. The van der Waals surface area contributed by atoms with Gasteiger partial charge in [0.15, 0.2) is 5.82 Å². The molecule has 1 saturated heterocycles. The summed E-state index contributed by atoms with van der Waals surface area (Å²) < 4.78 is 5.42. The van der Waals surface area contributed by atoms with Crippen molar-refractivity contribution in [3.63, 3.8) is 0 Å². The Morgan fingerprint density at radius 1 is 1.07 bits per heavy atom. The first-order valence-corrected chi connectivity index (χ1v) is 9.72. The highest BCUT2D eigenvalue weighted by Gasteiger charge is 2.26. The van der Waals surface area contributed by atoms with Gasteiger partial charge in [0, 0.05) is 18.3 Å². The number of carbonyl (C=O) groups excluding carboxylic acids is 1. The first-order chi connectivity index (χ1) is 14.3. The molecular weight excluding hydrogens is 366 g/mol. The molecule has 1 amide bonds. The molecule has 0 aliphatic carbocycles. The van der Waals surface area contributed by atoms with E-state index in [2.05, 4.69) is 25.4 Å². The van der Waals surface area contributed by atoms with Crippen LogP contribution in [0.4, 0.5) is 5.82 Å². The predicted octanol–water partition coefficient (Wildman–Crippen LogP) is 3.29. The molecule has 1 unspecified atom stereocenters. The van der Waals surface area contributed by atoms with Crippen molar-refractivity contribution in [3.8, 4) is 17.0 Å². The Morgan fingerprint density at radius 3 is 2.69 bits per heavy atom. The number of aromatic nitrogens is 3. The van der Waals surface area contributed by atoms with E-state index in [1.54, 1.807) is 25.4 Å². The molecule has 0 saturated carbocycles. The highest BCUT2D eigenvalue weighted by atomic mass is 16.5. The van der Waals surface area contributed by atoms with Crippen molar-refractivity contribution in [2.75, 3.05) is 18.6 Å². The molecule has 2 aromatic heterocycles. The van der Waals surface area contributed by atoms with E-state index >= 15 is 0 Å². The Hall–Kier alpha value is -3.48. The van der Waals surface area contributed by atoms with Crippen LogP contribution >= 0.6 is 0 Å². The second kappa shape index (κ2) is 8.68. The topological polar surface area (TPSA) is 80.2 Å². The van der Waals surface area contributed by atoms with Gasteiger partial charge in [-0.2, -0.15) is 0 Å². The quantitative estimate of drug-likeness (QED) is 0.721. The number of nitrogens with one attached hydrogen (secondary N) is 1. The first kappa shape index (κ1) is 18.9. The predicted molar refractivity (Wildman–Crippen MR) is 111 cm³/mol. The molecular formula is C22H23N5O2. The van der Waals surface area contributed by atoms with E-state index in [4.69, 9.17) is 4.74 Å². The van der Waals surface area contributed by atoms with E-state index < -0.39 is 0 Å². The summed E-state index contributed by atoms with van der Waals surface area (Å²) in [5, 5.41) is 11.9. The summed E-state index contributed by atoms with van der Waals surface area (Å²) in [5.74, 6) is 1.32. The number of hydrogen-bond acceptors (Lipinski definition) is 6. The number of nitrogens with zero attached hydrogens (tertiary/aromatic N) is 4. The molecule has 1 N–H and O–H groups in total. The molecule has 7 nitrogen and oxygen atoms in total. The van der Waals surface area contributed by atoms with Crippen LogP contribution in [0.3, 0.4) is 0 Å². The highest BCUT2D eigenvalue weighted by molar-refractivity contribution is 5.92. The second-order valence-corrected chi connectivity index (χ2v) is 6.87. The Bertz CT molecular complexity index is 962. The van der Waals surface area contributed by atoms with E-state index in [0.29, 0.717) is 5.69 Å². The molecule has 1 aliphatic heterocycles. The SMILES string of the molecule is COc1ccccc1-c1ccc(N2CCCCC2NC(=O)c2ccccn2)nn1. The van der Waals surface area contributed by atoms with Crippen LogP contribution in [0, 0.1) is 0 Å².